The summed E-state index contributed by atoms with van der Waals surface area (Å²) >= 11 is 0. The van der Waals surface area contributed by atoms with Gasteiger partial charge >= 0.3 is 0 Å². The fourth-order valence-electron chi connectivity index (χ4n) is 2.22. The first-order valence-electron chi connectivity index (χ1n) is 6.03. The van der Waals surface area contributed by atoms with Crippen molar-refractivity contribution in [3.8, 4) is 0 Å². The van der Waals surface area contributed by atoms with Crippen LogP contribution in [0.4, 0.5) is 0 Å². The number of rotatable bonds is 5. The Morgan fingerprint density at radius 1 is 1.50 bits per heavy atom. The smallest absolute Gasteiger partial charge is 0.0859 e. The van der Waals surface area contributed by atoms with Crippen LogP contribution in [0.1, 0.15) is 30.5 Å². The molecule has 1 aliphatic rings. The van der Waals surface area contributed by atoms with Gasteiger partial charge in [-0.05, 0) is 24.1 Å². The van der Waals surface area contributed by atoms with E-state index in [1.165, 1.54) is 11.1 Å². The number of benzene rings is 1. The van der Waals surface area contributed by atoms with Crippen LogP contribution in [-0.4, -0.2) is 24.3 Å². The predicted molar refractivity (Wildman–Crippen MR) is 65.2 cm³/mol. The zero-order chi connectivity index (χ0) is 11.4. The number of aliphatic hydroxyl groups is 1. The lowest BCUT2D eigenvalue weighted by atomic mass is 10.0. The third kappa shape index (κ3) is 2.43. The van der Waals surface area contributed by atoms with Crippen molar-refractivity contribution in [2.45, 2.75) is 32.0 Å². The Labute approximate surface area is 96.9 Å². The van der Waals surface area contributed by atoms with E-state index in [1.54, 1.807) is 0 Å². The SMILES string of the molecule is CCCNCC(O)C1NCc2ccccc21. The van der Waals surface area contributed by atoms with E-state index in [1.807, 2.05) is 12.1 Å². The van der Waals surface area contributed by atoms with Gasteiger partial charge in [0, 0.05) is 13.1 Å². The van der Waals surface area contributed by atoms with Crippen LogP contribution in [0.3, 0.4) is 0 Å². The average Bonchev–Trinajstić information content (AvgIpc) is 2.73. The second-order valence-electron chi connectivity index (χ2n) is 4.33. The quantitative estimate of drug-likeness (QED) is 0.653. The first-order chi connectivity index (χ1) is 7.83. The summed E-state index contributed by atoms with van der Waals surface area (Å²) in [5.41, 5.74) is 2.55. The highest BCUT2D eigenvalue weighted by molar-refractivity contribution is 5.34. The second kappa shape index (κ2) is 5.43. The number of fused-ring (bicyclic) bond motifs is 1. The molecule has 2 unspecified atom stereocenters. The fourth-order valence-corrected chi connectivity index (χ4v) is 2.22. The predicted octanol–water partition coefficient (Wildman–Crippen LogP) is 1.19. The molecular formula is C13H20N2O. The summed E-state index contributed by atoms with van der Waals surface area (Å²) in [6.07, 6.45) is 0.747. The van der Waals surface area contributed by atoms with Crippen LogP contribution in [0.25, 0.3) is 0 Å². The molecular weight excluding hydrogens is 200 g/mol. The Morgan fingerprint density at radius 2 is 2.31 bits per heavy atom. The molecule has 1 aromatic carbocycles. The maximum absolute atomic E-state index is 10.1. The highest BCUT2D eigenvalue weighted by atomic mass is 16.3. The first kappa shape index (κ1) is 11.6. The Kier molecular flexibility index (Phi) is 3.93. The van der Waals surface area contributed by atoms with Gasteiger partial charge in [-0.1, -0.05) is 31.2 Å². The standard InChI is InChI=1S/C13H20N2O/c1-2-7-14-9-12(16)13-11-6-4-3-5-10(11)8-15-13/h3-6,12-16H,2,7-9H2,1H3. The van der Waals surface area contributed by atoms with E-state index < -0.39 is 0 Å². The van der Waals surface area contributed by atoms with E-state index in [2.05, 4.69) is 29.7 Å². The minimum absolute atomic E-state index is 0.0838. The van der Waals surface area contributed by atoms with Crippen LogP contribution < -0.4 is 10.6 Å². The van der Waals surface area contributed by atoms with Gasteiger partial charge in [-0.15, -0.1) is 0 Å². The number of hydrogen-bond donors (Lipinski definition) is 3. The molecule has 0 saturated heterocycles. The van der Waals surface area contributed by atoms with Crippen LogP contribution >= 0.6 is 0 Å². The summed E-state index contributed by atoms with van der Waals surface area (Å²) in [7, 11) is 0. The van der Waals surface area contributed by atoms with Gasteiger partial charge in [-0.3, -0.25) is 0 Å². The van der Waals surface area contributed by atoms with Crippen molar-refractivity contribution in [1.82, 2.24) is 10.6 Å². The van der Waals surface area contributed by atoms with Crippen molar-refractivity contribution < 1.29 is 5.11 Å². The van der Waals surface area contributed by atoms with Crippen LogP contribution in [0.5, 0.6) is 0 Å². The molecule has 2 atom stereocenters. The number of nitrogens with one attached hydrogen (secondary N) is 2. The van der Waals surface area contributed by atoms with Crippen LogP contribution in [0, 0.1) is 0 Å². The number of aliphatic hydroxyl groups excluding tert-OH is 1. The molecule has 1 heterocycles. The fraction of sp³-hybridized carbons (Fsp3) is 0.538. The Balaban J connectivity index is 1.96. The van der Waals surface area contributed by atoms with Gasteiger partial charge in [0.15, 0.2) is 0 Å². The molecule has 0 fully saturated rings. The van der Waals surface area contributed by atoms with Gasteiger partial charge in [0.25, 0.3) is 0 Å². The largest absolute Gasteiger partial charge is 0.390 e. The lowest BCUT2D eigenvalue weighted by Crippen LogP contribution is -2.36. The third-order valence-electron chi connectivity index (χ3n) is 3.07. The summed E-state index contributed by atoms with van der Waals surface area (Å²) in [5.74, 6) is 0. The summed E-state index contributed by atoms with van der Waals surface area (Å²) in [6.45, 7) is 4.61. The molecule has 1 aliphatic heterocycles. The molecule has 0 aromatic heterocycles. The molecule has 0 spiro atoms. The summed E-state index contributed by atoms with van der Waals surface area (Å²) in [5, 5.41) is 16.7. The molecule has 3 N–H and O–H groups in total. The molecule has 16 heavy (non-hydrogen) atoms. The molecule has 0 saturated carbocycles. The highest BCUT2D eigenvalue weighted by Gasteiger charge is 2.27. The van der Waals surface area contributed by atoms with Crippen molar-refractivity contribution in [3.05, 3.63) is 35.4 Å². The summed E-state index contributed by atoms with van der Waals surface area (Å²) in [4.78, 5) is 0. The van der Waals surface area contributed by atoms with Crippen molar-refractivity contribution in [1.29, 1.82) is 0 Å². The lowest BCUT2D eigenvalue weighted by molar-refractivity contribution is 0.130. The third-order valence-corrected chi connectivity index (χ3v) is 3.07. The summed E-state index contributed by atoms with van der Waals surface area (Å²) < 4.78 is 0. The minimum Gasteiger partial charge on any atom is -0.390 e. The van der Waals surface area contributed by atoms with Gasteiger partial charge in [0.05, 0.1) is 12.1 Å². The molecule has 0 aliphatic carbocycles. The zero-order valence-corrected chi connectivity index (χ0v) is 9.74. The van der Waals surface area contributed by atoms with E-state index in [-0.39, 0.29) is 12.1 Å². The zero-order valence-electron chi connectivity index (χ0n) is 9.74. The normalized spacial score (nSPS) is 20.8. The van der Waals surface area contributed by atoms with Crippen LogP contribution in [0.15, 0.2) is 24.3 Å². The highest BCUT2D eigenvalue weighted by Crippen LogP contribution is 2.27. The Morgan fingerprint density at radius 3 is 3.12 bits per heavy atom. The van der Waals surface area contributed by atoms with E-state index in [0.29, 0.717) is 6.54 Å². The second-order valence-corrected chi connectivity index (χ2v) is 4.33. The molecule has 0 bridgehead atoms. The van der Waals surface area contributed by atoms with E-state index >= 15 is 0 Å². The molecule has 2 rings (SSSR count). The van der Waals surface area contributed by atoms with Gasteiger partial charge in [0.1, 0.15) is 0 Å². The first-order valence-corrected chi connectivity index (χ1v) is 6.03. The monoisotopic (exact) mass is 220 g/mol. The molecule has 88 valence electrons. The maximum Gasteiger partial charge on any atom is 0.0859 e. The van der Waals surface area contributed by atoms with E-state index in [9.17, 15) is 5.11 Å². The molecule has 0 radical (unpaired) electrons. The molecule has 3 heteroatoms. The van der Waals surface area contributed by atoms with Gasteiger partial charge in [0.2, 0.25) is 0 Å². The van der Waals surface area contributed by atoms with Crippen molar-refractivity contribution in [2.24, 2.45) is 0 Å². The van der Waals surface area contributed by atoms with E-state index in [0.717, 1.165) is 19.5 Å². The summed E-state index contributed by atoms with van der Waals surface area (Å²) in [6, 6.07) is 8.38. The van der Waals surface area contributed by atoms with Gasteiger partial charge in [-0.25, -0.2) is 0 Å². The van der Waals surface area contributed by atoms with Crippen molar-refractivity contribution in [3.63, 3.8) is 0 Å². The van der Waals surface area contributed by atoms with Crippen molar-refractivity contribution >= 4 is 0 Å². The molecule has 1 aromatic rings. The van der Waals surface area contributed by atoms with Crippen LogP contribution in [-0.2, 0) is 6.54 Å². The Hall–Kier alpha value is -0.900. The van der Waals surface area contributed by atoms with Crippen molar-refractivity contribution in [2.75, 3.05) is 13.1 Å². The lowest BCUT2D eigenvalue weighted by Gasteiger charge is -2.20. The van der Waals surface area contributed by atoms with Gasteiger partial charge < -0.3 is 15.7 Å². The molecule has 3 nitrogen and oxygen atoms in total. The molecule has 0 amide bonds. The Bertz CT molecular complexity index is 340. The number of hydrogen-bond acceptors (Lipinski definition) is 3. The van der Waals surface area contributed by atoms with Crippen LogP contribution in [0.2, 0.25) is 0 Å². The van der Waals surface area contributed by atoms with E-state index in [4.69, 9.17) is 0 Å². The van der Waals surface area contributed by atoms with Gasteiger partial charge in [-0.2, -0.15) is 0 Å². The minimum atomic E-state index is -0.352. The maximum atomic E-state index is 10.1. The average molecular weight is 220 g/mol. The topological polar surface area (TPSA) is 44.3 Å².